The lowest BCUT2D eigenvalue weighted by Gasteiger charge is -2.18. The van der Waals surface area contributed by atoms with Gasteiger partial charge in [-0.3, -0.25) is 19.2 Å². The smallest absolute Gasteiger partial charge is 0.287 e. The highest BCUT2D eigenvalue weighted by atomic mass is 16.3. The molecule has 154 valence electrons. The molecule has 0 saturated carbocycles. The van der Waals surface area contributed by atoms with Gasteiger partial charge in [0, 0.05) is 12.7 Å². The summed E-state index contributed by atoms with van der Waals surface area (Å²) in [6.45, 7) is 3.10. The molecule has 0 bridgehead atoms. The maximum absolute atomic E-state index is 12.2. The van der Waals surface area contributed by atoms with E-state index in [2.05, 4.69) is 16.0 Å². The van der Waals surface area contributed by atoms with E-state index in [0.717, 1.165) is 11.1 Å². The predicted molar refractivity (Wildman–Crippen MR) is 106 cm³/mol. The monoisotopic (exact) mass is 400 g/mol. The van der Waals surface area contributed by atoms with Gasteiger partial charge in [-0.05, 0) is 43.2 Å². The van der Waals surface area contributed by atoms with E-state index in [4.69, 9.17) is 4.42 Å². The molecule has 0 radical (unpaired) electrons. The van der Waals surface area contributed by atoms with Crippen molar-refractivity contribution in [2.75, 3.05) is 32.0 Å². The van der Waals surface area contributed by atoms with Gasteiger partial charge in [0.25, 0.3) is 5.91 Å². The minimum Gasteiger partial charge on any atom is -0.459 e. The molecule has 2 rings (SSSR count). The zero-order valence-electron chi connectivity index (χ0n) is 16.6. The molecule has 1 aromatic carbocycles. The predicted octanol–water partition coefficient (Wildman–Crippen LogP) is 0.840. The van der Waals surface area contributed by atoms with Crippen molar-refractivity contribution >= 4 is 29.3 Å². The van der Waals surface area contributed by atoms with Crippen molar-refractivity contribution in [3.05, 3.63) is 53.5 Å². The van der Waals surface area contributed by atoms with E-state index in [9.17, 15) is 19.2 Å². The summed E-state index contributed by atoms with van der Waals surface area (Å²) < 4.78 is 4.91. The number of carbonyl (C=O) groups is 4. The van der Waals surface area contributed by atoms with Gasteiger partial charge in [0.05, 0.1) is 25.9 Å². The highest BCUT2D eigenvalue weighted by molar-refractivity contribution is 5.96. The Morgan fingerprint density at radius 1 is 0.966 bits per heavy atom. The third-order valence-corrected chi connectivity index (χ3v) is 4.28. The summed E-state index contributed by atoms with van der Waals surface area (Å²) in [7, 11) is 1.47. The van der Waals surface area contributed by atoms with E-state index in [1.165, 1.54) is 24.3 Å². The SMILES string of the molecule is Cc1cccc(NC(=O)CN(C)C(=O)CNC(=O)CNC(=O)c2ccco2)c1C. The van der Waals surface area contributed by atoms with Gasteiger partial charge in [-0.2, -0.15) is 0 Å². The summed E-state index contributed by atoms with van der Waals surface area (Å²) in [5.41, 5.74) is 2.70. The largest absolute Gasteiger partial charge is 0.459 e. The fraction of sp³-hybridized carbons (Fsp3) is 0.300. The van der Waals surface area contributed by atoms with E-state index in [-0.39, 0.29) is 31.3 Å². The van der Waals surface area contributed by atoms with Gasteiger partial charge in [0.1, 0.15) is 0 Å². The van der Waals surface area contributed by atoms with Gasteiger partial charge in [0.2, 0.25) is 17.7 Å². The third kappa shape index (κ3) is 6.49. The first-order valence-corrected chi connectivity index (χ1v) is 8.96. The third-order valence-electron chi connectivity index (χ3n) is 4.28. The van der Waals surface area contributed by atoms with Crippen LogP contribution in [0.25, 0.3) is 0 Å². The summed E-state index contributed by atoms with van der Waals surface area (Å²) in [5, 5.41) is 7.54. The van der Waals surface area contributed by atoms with E-state index in [1.807, 2.05) is 26.0 Å². The number of benzene rings is 1. The number of likely N-dealkylation sites (N-methyl/N-ethyl adjacent to an activating group) is 1. The lowest BCUT2D eigenvalue weighted by atomic mass is 10.1. The van der Waals surface area contributed by atoms with Crippen LogP contribution in [0.3, 0.4) is 0 Å². The number of hydrogen-bond donors (Lipinski definition) is 3. The molecule has 1 aromatic heterocycles. The molecule has 1 heterocycles. The van der Waals surface area contributed by atoms with Crippen LogP contribution in [0.2, 0.25) is 0 Å². The number of anilines is 1. The Morgan fingerprint density at radius 2 is 1.72 bits per heavy atom. The molecule has 2 aromatic rings. The second kappa shape index (κ2) is 10.1. The number of aryl methyl sites for hydroxylation is 1. The summed E-state index contributed by atoms with van der Waals surface area (Å²) in [6, 6.07) is 8.60. The number of furan rings is 1. The van der Waals surface area contributed by atoms with Crippen LogP contribution in [0.15, 0.2) is 41.0 Å². The maximum Gasteiger partial charge on any atom is 0.287 e. The van der Waals surface area contributed by atoms with Crippen LogP contribution in [-0.2, 0) is 14.4 Å². The number of carbonyl (C=O) groups excluding carboxylic acids is 4. The van der Waals surface area contributed by atoms with Crippen molar-refractivity contribution < 1.29 is 23.6 Å². The number of nitrogens with zero attached hydrogens (tertiary/aromatic N) is 1. The Morgan fingerprint density at radius 3 is 2.41 bits per heavy atom. The zero-order valence-corrected chi connectivity index (χ0v) is 16.6. The molecule has 0 unspecified atom stereocenters. The van der Waals surface area contributed by atoms with Crippen molar-refractivity contribution in [2.24, 2.45) is 0 Å². The summed E-state index contributed by atoms with van der Waals surface area (Å²) >= 11 is 0. The fourth-order valence-electron chi connectivity index (χ4n) is 2.41. The lowest BCUT2D eigenvalue weighted by molar-refractivity contribution is -0.134. The van der Waals surface area contributed by atoms with Gasteiger partial charge in [-0.25, -0.2) is 0 Å². The van der Waals surface area contributed by atoms with Crippen LogP contribution in [0.1, 0.15) is 21.7 Å². The molecule has 0 fully saturated rings. The van der Waals surface area contributed by atoms with Crippen molar-refractivity contribution in [3.63, 3.8) is 0 Å². The quantitative estimate of drug-likeness (QED) is 0.606. The molecule has 0 spiro atoms. The number of amides is 4. The second-order valence-electron chi connectivity index (χ2n) is 6.48. The highest BCUT2D eigenvalue weighted by Crippen LogP contribution is 2.17. The molecule has 29 heavy (non-hydrogen) atoms. The normalized spacial score (nSPS) is 10.2. The first-order valence-electron chi connectivity index (χ1n) is 8.96. The van der Waals surface area contributed by atoms with Crippen LogP contribution >= 0.6 is 0 Å². The van der Waals surface area contributed by atoms with Crippen molar-refractivity contribution in [3.8, 4) is 0 Å². The first kappa shape index (κ1) is 21.7. The average Bonchev–Trinajstić information content (AvgIpc) is 3.22. The first-order chi connectivity index (χ1) is 13.8. The molecule has 0 atom stereocenters. The fourth-order valence-corrected chi connectivity index (χ4v) is 2.41. The van der Waals surface area contributed by atoms with Crippen LogP contribution in [-0.4, -0.2) is 55.2 Å². The Balaban J connectivity index is 1.72. The zero-order chi connectivity index (χ0) is 21.4. The van der Waals surface area contributed by atoms with Crippen LogP contribution in [0.4, 0.5) is 5.69 Å². The van der Waals surface area contributed by atoms with Gasteiger partial charge >= 0.3 is 0 Å². The summed E-state index contributed by atoms with van der Waals surface area (Å²) in [4.78, 5) is 48.9. The number of rotatable bonds is 8. The lowest BCUT2D eigenvalue weighted by Crippen LogP contribution is -2.44. The Hall–Kier alpha value is -3.62. The van der Waals surface area contributed by atoms with Crippen LogP contribution < -0.4 is 16.0 Å². The highest BCUT2D eigenvalue weighted by Gasteiger charge is 2.16. The molecular formula is C20H24N4O5. The van der Waals surface area contributed by atoms with Crippen molar-refractivity contribution in [1.82, 2.24) is 15.5 Å². The van der Waals surface area contributed by atoms with Gasteiger partial charge < -0.3 is 25.3 Å². The second-order valence-corrected chi connectivity index (χ2v) is 6.48. The average molecular weight is 400 g/mol. The number of hydrogen-bond acceptors (Lipinski definition) is 5. The van der Waals surface area contributed by atoms with Crippen molar-refractivity contribution in [1.29, 1.82) is 0 Å². The van der Waals surface area contributed by atoms with Gasteiger partial charge in [-0.15, -0.1) is 0 Å². The summed E-state index contributed by atoms with van der Waals surface area (Å²) in [5.74, 6) is -1.76. The van der Waals surface area contributed by atoms with Gasteiger partial charge in [0.15, 0.2) is 5.76 Å². The number of nitrogens with one attached hydrogen (secondary N) is 3. The molecule has 9 heteroatoms. The molecule has 0 aliphatic rings. The molecule has 3 N–H and O–H groups in total. The summed E-state index contributed by atoms with van der Waals surface area (Å²) in [6.07, 6.45) is 1.35. The molecule has 9 nitrogen and oxygen atoms in total. The molecule has 0 aliphatic heterocycles. The van der Waals surface area contributed by atoms with Crippen LogP contribution in [0, 0.1) is 13.8 Å². The van der Waals surface area contributed by atoms with Crippen molar-refractivity contribution in [2.45, 2.75) is 13.8 Å². The molecule has 0 saturated heterocycles. The van der Waals surface area contributed by atoms with E-state index >= 15 is 0 Å². The topological polar surface area (TPSA) is 121 Å². The Bertz CT molecular complexity index is 892. The maximum atomic E-state index is 12.2. The van der Waals surface area contributed by atoms with Gasteiger partial charge in [-0.1, -0.05) is 12.1 Å². The van der Waals surface area contributed by atoms with E-state index in [0.29, 0.717) is 5.69 Å². The standard InChI is InChI=1S/C20H24N4O5/c1-13-6-4-7-15(14(13)2)23-18(26)12-24(3)19(27)11-21-17(25)10-22-20(28)16-8-5-9-29-16/h4-9H,10-12H2,1-3H3,(H,21,25)(H,22,28)(H,23,26). The minimum atomic E-state index is -0.536. The molecule has 0 aliphatic carbocycles. The minimum absolute atomic E-state index is 0.0865. The molecular weight excluding hydrogens is 376 g/mol. The molecule has 4 amide bonds. The Kier molecular flexibility index (Phi) is 7.53. The van der Waals surface area contributed by atoms with E-state index in [1.54, 1.807) is 12.1 Å². The van der Waals surface area contributed by atoms with Crippen LogP contribution in [0.5, 0.6) is 0 Å². The van der Waals surface area contributed by atoms with E-state index < -0.39 is 17.7 Å². The Labute approximate surface area is 168 Å².